The fourth-order valence-electron chi connectivity index (χ4n) is 4.22. The number of hydrogen-bond donors (Lipinski definition) is 0. The second-order valence-corrected chi connectivity index (χ2v) is 22.6. The lowest BCUT2D eigenvalue weighted by atomic mass is 10.7. The molecule has 4 nitrogen and oxygen atoms in total. The van der Waals surface area contributed by atoms with Crippen LogP contribution in [-0.2, 0) is 17.2 Å². The Morgan fingerprint density at radius 2 is 0.543 bits per heavy atom. The maximum Gasteiger partial charge on any atom is 0.445 e. The van der Waals surface area contributed by atoms with Crippen LogP contribution < -0.4 is 0 Å². The summed E-state index contributed by atoms with van der Waals surface area (Å²) in [6, 6.07) is 5.00. The molecule has 0 bridgehead atoms. The molecule has 0 rings (SSSR count). The van der Waals surface area contributed by atoms with E-state index in [1.807, 2.05) is 0 Å². The third kappa shape index (κ3) is 10.9. The Morgan fingerprint density at radius 3 is 0.657 bits per heavy atom. The van der Waals surface area contributed by atoms with E-state index in [-0.39, 0.29) is 0 Å². The third-order valence-electron chi connectivity index (χ3n) is 5.56. The van der Waals surface area contributed by atoms with E-state index in [4.69, 9.17) is 12.6 Å². The van der Waals surface area contributed by atoms with Gasteiger partial charge in [-0.05, 0) is 54.4 Å². The number of hydrogen-bond acceptors (Lipinski definition) is 4. The molecular formula is C27H45O4PSi3. The Labute approximate surface area is 217 Å². The zero-order valence-corrected chi connectivity index (χ0v) is 25.4. The van der Waals surface area contributed by atoms with Crippen molar-refractivity contribution in [2.75, 3.05) is 0 Å². The molecular weight excluding hydrogens is 504 g/mol. The van der Waals surface area contributed by atoms with E-state index in [1.165, 1.54) is 0 Å². The summed E-state index contributed by atoms with van der Waals surface area (Å²) in [7, 11) is -12.3. The summed E-state index contributed by atoms with van der Waals surface area (Å²) in [4.78, 5) is 0. The number of allylic oxidation sites excluding steroid dienone is 9. The summed E-state index contributed by atoms with van der Waals surface area (Å²) in [6.07, 6.45) is 16.2. The highest BCUT2D eigenvalue weighted by molar-refractivity contribution is 7.54. The highest BCUT2D eigenvalue weighted by Gasteiger charge is 2.50. The Morgan fingerprint density at radius 1 is 0.400 bits per heavy atom. The van der Waals surface area contributed by atoms with Gasteiger partial charge in [-0.3, -0.25) is 0 Å². The largest absolute Gasteiger partial charge is 0.445 e. The molecule has 8 heteroatoms. The van der Waals surface area contributed by atoms with Crippen LogP contribution in [0.25, 0.3) is 0 Å². The molecule has 0 aromatic heterocycles. The summed E-state index contributed by atoms with van der Waals surface area (Å²) in [5.41, 5.74) is 0. The van der Waals surface area contributed by atoms with Crippen molar-refractivity contribution in [3.63, 3.8) is 0 Å². The van der Waals surface area contributed by atoms with Crippen molar-refractivity contribution in [2.24, 2.45) is 0 Å². The van der Waals surface area contributed by atoms with Crippen LogP contribution in [0.4, 0.5) is 0 Å². The number of phosphoric acid groups is 1. The summed E-state index contributed by atoms with van der Waals surface area (Å²) in [5, 5.41) is 0. The first-order chi connectivity index (χ1) is 16.7. The minimum absolute atomic E-state index is 0.555. The zero-order chi connectivity index (χ0) is 26.8. The fourth-order valence-corrected chi connectivity index (χ4v) is 20.3. The van der Waals surface area contributed by atoms with Crippen molar-refractivity contribution in [3.05, 3.63) is 114 Å². The monoisotopic (exact) mass is 548 g/mol. The molecule has 0 saturated carbocycles. The lowest BCUT2D eigenvalue weighted by Crippen LogP contribution is -2.44. The van der Waals surface area contributed by atoms with E-state index in [9.17, 15) is 4.57 Å². The summed E-state index contributed by atoms with van der Waals surface area (Å²) < 4.78 is 34.8. The first-order valence-corrected chi connectivity index (χ1v) is 20.9. The molecule has 0 N–H and O–H groups in total. The van der Waals surface area contributed by atoms with Crippen molar-refractivity contribution in [1.29, 1.82) is 0 Å². The van der Waals surface area contributed by atoms with E-state index in [2.05, 4.69) is 59.2 Å². The maximum absolute atomic E-state index is 14.9. The van der Waals surface area contributed by atoms with Crippen LogP contribution in [-0.4, -0.2) is 25.0 Å². The van der Waals surface area contributed by atoms with Gasteiger partial charge in [0, 0.05) is 0 Å². The molecule has 0 aliphatic rings. The predicted octanol–water partition coefficient (Wildman–Crippen LogP) is 9.65. The molecule has 0 aromatic carbocycles. The molecule has 0 aliphatic heterocycles. The van der Waals surface area contributed by atoms with Gasteiger partial charge in [0.25, 0.3) is 0 Å². The summed E-state index contributed by atoms with van der Waals surface area (Å²) >= 11 is 0. The smallest absolute Gasteiger partial charge is 0.329 e. The second kappa shape index (κ2) is 17.0. The first kappa shape index (κ1) is 33.4. The fraction of sp³-hybridized carbons (Fsp3) is 0.333. The van der Waals surface area contributed by atoms with Crippen molar-refractivity contribution >= 4 is 32.8 Å². The number of rotatable bonds is 24. The van der Waals surface area contributed by atoms with Crippen molar-refractivity contribution in [3.8, 4) is 0 Å². The quantitative estimate of drug-likeness (QED) is 0.0684. The van der Waals surface area contributed by atoms with Gasteiger partial charge in [0.2, 0.25) is 25.0 Å². The molecule has 194 valence electrons. The van der Waals surface area contributed by atoms with E-state index < -0.39 is 32.8 Å². The van der Waals surface area contributed by atoms with Crippen LogP contribution in [0.5, 0.6) is 0 Å². The van der Waals surface area contributed by atoms with Crippen LogP contribution >= 0.6 is 7.82 Å². The Balaban J connectivity index is 7.00. The van der Waals surface area contributed by atoms with Crippen molar-refractivity contribution < 1.29 is 17.2 Å². The standard InChI is InChI=1S/C27H45O4PSi3/c1-10-19-33(20-11-2,21-12-3)29-32(28,30-34(22-13-4,23-14-5)24-15-6)31-35(25-16-7,26-17-8)27-18-9/h10-18H,1-9,19-27H2. The van der Waals surface area contributed by atoms with Gasteiger partial charge in [0.05, 0.1) is 0 Å². The molecule has 35 heavy (non-hydrogen) atoms. The maximum atomic E-state index is 14.9. The van der Waals surface area contributed by atoms with Gasteiger partial charge in [-0.1, -0.05) is 54.7 Å². The predicted molar refractivity (Wildman–Crippen MR) is 163 cm³/mol. The molecule has 0 heterocycles. The van der Waals surface area contributed by atoms with Gasteiger partial charge in [-0.15, -0.1) is 59.2 Å². The third-order valence-corrected chi connectivity index (χ3v) is 22.2. The van der Waals surface area contributed by atoms with Crippen LogP contribution in [0.15, 0.2) is 114 Å². The normalized spacial score (nSPS) is 12.2. The molecule has 0 radical (unpaired) electrons. The van der Waals surface area contributed by atoms with Crippen LogP contribution in [0, 0.1) is 0 Å². The molecule has 0 aliphatic carbocycles. The Kier molecular flexibility index (Phi) is 16.2. The molecule has 0 amide bonds. The topological polar surface area (TPSA) is 44.8 Å². The lowest BCUT2D eigenvalue weighted by Gasteiger charge is -2.41. The van der Waals surface area contributed by atoms with Gasteiger partial charge >= 0.3 is 7.82 Å². The van der Waals surface area contributed by atoms with E-state index in [1.54, 1.807) is 54.7 Å². The van der Waals surface area contributed by atoms with Crippen molar-refractivity contribution in [1.82, 2.24) is 0 Å². The van der Waals surface area contributed by atoms with Gasteiger partial charge in [-0.25, -0.2) is 4.57 Å². The minimum atomic E-state index is -4.10. The lowest BCUT2D eigenvalue weighted by molar-refractivity contribution is 0.285. The van der Waals surface area contributed by atoms with Crippen LogP contribution in [0.1, 0.15) is 0 Å². The van der Waals surface area contributed by atoms with E-state index in [0.29, 0.717) is 54.4 Å². The van der Waals surface area contributed by atoms with Gasteiger partial charge in [-0.2, -0.15) is 0 Å². The van der Waals surface area contributed by atoms with Crippen LogP contribution in [0.2, 0.25) is 54.4 Å². The Hall–Kier alpha value is -1.58. The molecule has 0 aromatic rings. The van der Waals surface area contributed by atoms with Crippen LogP contribution in [0.3, 0.4) is 0 Å². The average molecular weight is 549 g/mol. The minimum Gasteiger partial charge on any atom is -0.329 e. The van der Waals surface area contributed by atoms with Crippen molar-refractivity contribution in [2.45, 2.75) is 54.4 Å². The highest BCUT2D eigenvalue weighted by Crippen LogP contribution is 2.60. The van der Waals surface area contributed by atoms with E-state index >= 15 is 0 Å². The van der Waals surface area contributed by atoms with Gasteiger partial charge in [0.15, 0.2) is 0 Å². The second-order valence-electron chi connectivity index (χ2n) is 8.71. The molecule has 0 atom stereocenters. The summed E-state index contributed by atoms with van der Waals surface area (Å²) in [6.45, 7) is 35.3. The highest BCUT2D eigenvalue weighted by atomic mass is 31.2. The summed E-state index contributed by atoms with van der Waals surface area (Å²) in [5.74, 6) is 0. The molecule has 0 unspecified atom stereocenters. The molecule has 0 saturated heterocycles. The van der Waals surface area contributed by atoms with E-state index in [0.717, 1.165) is 0 Å². The zero-order valence-electron chi connectivity index (χ0n) is 21.5. The SMILES string of the molecule is C=CC[Si](CC=C)(CC=C)OP(=O)(O[Si](CC=C)(CC=C)CC=C)O[Si](CC=C)(CC=C)CC=C. The molecule has 0 fully saturated rings. The molecule has 0 spiro atoms. The van der Waals surface area contributed by atoms with Gasteiger partial charge in [0.1, 0.15) is 0 Å². The first-order valence-electron chi connectivity index (χ1n) is 11.9. The Bertz CT molecular complexity index is 637. The van der Waals surface area contributed by atoms with Gasteiger partial charge < -0.3 is 12.6 Å². The average Bonchev–Trinajstić information content (AvgIpc) is 2.75.